The maximum absolute atomic E-state index is 12.8. The van der Waals surface area contributed by atoms with Crippen LogP contribution in [0.5, 0.6) is 0 Å². The first-order chi connectivity index (χ1) is 16.5. The molecule has 1 aromatic carbocycles. The molecule has 0 atom stereocenters. The van der Waals surface area contributed by atoms with E-state index in [1.54, 1.807) is 11.3 Å². The number of nitrogens with one attached hydrogen (secondary N) is 1. The molecular formula is C27H28N4O2S. The summed E-state index contributed by atoms with van der Waals surface area (Å²) in [5, 5.41) is 4.02. The molecule has 34 heavy (non-hydrogen) atoms. The molecule has 1 fully saturated rings. The number of fused-ring (bicyclic) bond motifs is 1. The van der Waals surface area contributed by atoms with Gasteiger partial charge in [0.15, 0.2) is 0 Å². The van der Waals surface area contributed by atoms with Crippen molar-refractivity contribution >= 4 is 33.2 Å². The second-order valence-electron chi connectivity index (χ2n) is 8.77. The first-order valence-electron chi connectivity index (χ1n) is 11.6. The van der Waals surface area contributed by atoms with Crippen molar-refractivity contribution in [3.05, 3.63) is 87.7 Å². The Morgan fingerprint density at radius 2 is 1.94 bits per heavy atom. The molecule has 0 unspecified atom stereocenters. The smallest absolute Gasteiger partial charge is 0.255 e. The third-order valence-electron chi connectivity index (χ3n) is 6.22. The van der Waals surface area contributed by atoms with Crippen LogP contribution in [-0.4, -0.2) is 47.1 Å². The summed E-state index contributed by atoms with van der Waals surface area (Å²) >= 11 is 1.59. The van der Waals surface area contributed by atoms with Crippen molar-refractivity contribution in [2.75, 3.05) is 26.3 Å². The van der Waals surface area contributed by atoms with Gasteiger partial charge in [-0.05, 0) is 60.4 Å². The monoisotopic (exact) mass is 472 g/mol. The van der Waals surface area contributed by atoms with Gasteiger partial charge in [-0.1, -0.05) is 35.6 Å². The van der Waals surface area contributed by atoms with Crippen molar-refractivity contribution in [3.8, 4) is 0 Å². The van der Waals surface area contributed by atoms with Gasteiger partial charge in [-0.3, -0.25) is 9.69 Å². The Morgan fingerprint density at radius 3 is 2.76 bits per heavy atom. The number of amides is 1. The minimum Gasteiger partial charge on any atom is -0.379 e. The number of hydrogen-bond donors (Lipinski definition) is 1. The number of nitrogens with zero attached hydrogens (tertiary/aromatic N) is 3. The number of morpholine rings is 1. The minimum absolute atomic E-state index is 0.0947. The number of aryl methyl sites for hydroxylation is 2. The van der Waals surface area contributed by atoms with Crippen molar-refractivity contribution in [1.82, 2.24) is 20.2 Å². The molecule has 7 heteroatoms. The van der Waals surface area contributed by atoms with Crippen molar-refractivity contribution in [2.24, 2.45) is 0 Å². The number of hydrogen-bond acceptors (Lipinski definition) is 6. The zero-order valence-corrected chi connectivity index (χ0v) is 20.3. The Labute approximate surface area is 203 Å². The molecule has 0 radical (unpaired) electrons. The summed E-state index contributed by atoms with van der Waals surface area (Å²) in [5.41, 5.74) is 6.96. The molecule has 2 aliphatic rings. The van der Waals surface area contributed by atoms with Gasteiger partial charge in [-0.25, -0.2) is 9.97 Å². The Morgan fingerprint density at radius 1 is 1.12 bits per heavy atom. The predicted octanol–water partition coefficient (Wildman–Crippen LogP) is 4.80. The Kier molecular flexibility index (Phi) is 6.67. The van der Waals surface area contributed by atoms with E-state index >= 15 is 0 Å². The number of ether oxygens (including phenoxy) is 1. The van der Waals surface area contributed by atoms with Crippen LogP contribution >= 0.6 is 11.3 Å². The van der Waals surface area contributed by atoms with Crippen molar-refractivity contribution < 1.29 is 9.53 Å². The summed E-state index contributed by atoms with van der Waals surface area (Å²) in [5.74, 6) is -0.0947. The maximum Gasteiger partial charge on any atom is 0.255 e. The third kappa shape index (κ3) is 5.17. The highest BCUT2D eigenvalue weighted by Gasteiger charge is 2.16. The van der Waals surface area contributed by atoms with Gasteiger partial charge >= 0.3 is 0 Å². The van der Waals surface area contributed by atoms with Gasteiger partial charge in [-0.2, -0.15) is 0 Å². The number of carbonyl (C=O) groups excluding carboxylic acids is 1. The Bertz CT molecular complexity index is 1320. The van der Waals surface area contributed by atoms with Crippen LogP contribution in [0.3, 0.4) is 0 Å². The van der Waals surface area contributed by atoms with E-state index in [4.69, 9.17) is 9.72 Å². The van der Waals surface area contributed by atoms with Crippen LogP contribution in [0.2, 0.25) is 0 Å². The molecular weight excluding hydrogens is 444 g/mol. The fourth-order valence-electron chi connectivity index (χ4n) is 4.11. The maximum atomic E-state index is 12.8. The first-order valence-corrected chi connectivity index (χ1v) is 12.4. The summed E-state index contributed by atoms with van der Waals surface area (Å²) in [6, 6.07) is 7.93. The quantitative estimate of drug-likeness (QED) is 0.578. The SMILES string of the molecule is Cc1ccc(C(=O)NC2=CC=CC=C(c3nc4cc(CN5CCOCC5)cnc4s3)C2)cc1C. The molecule has 0 bridgehead atoms. The number of benzene rings is 1. The average molecular weight is 473 g/mol. The molecule has 174 valence electrons. The molecule has 1 N–H and O–H groups in total. The lowest BCUT2D eigenvalue weighted by atomic mass is 10.1. The highest BCUT2D eigenvalue weighted by molar-refractivity contribution is 7.19. The number of rotatable bonds is 5. The molecule has 1 saturated heterocycles. The predicted molar refractivity (Wildman–Crippen MR) is 137 cm³/mol. The fourth-order valence-corrected chi connectivity index (χ4v) is 5.02. The lowest BCUT2D eigenvalue weighted by molar-refractivity contribution is 0.0341. The van der Waals surface area contributed by atoms with Gasteiger partial charge in [0.2, 0.25) is 0 Å². The third-order valence-corrected chi connectivity index (χ3v) is 7.27. The fraction of sp³-hybridized carbons (Fsp3) is 0.296. The van der Waals surface area contributed by atoms with Crippen molar-refractivity contribution in [3.63, 3.8) is 0 Å². The molecule has 3 heterocycles. The average Bonchev–Trinajstić information content (AvgIpc) is 3.12. The van der Waals surface area contributed by atoms with Crippen molar-refractivity contribution in [2.45, 2.75) is 26.8 Å². The van der Waals surface area contributed by atoms with E-state index in [1.165, 1.54) is 11.1 Å². The van der Waals surface area contributed by atoms with E-state index in [-0.39, 0.29) is 5.91 Å². The van der Waals surface area contributed by atoms with Crippen LogP contribution in [0.1, 0.15) is 38.5 Å². The number of allylic oxidation sites excluding steroid dienone is 5. The van der Waals surface area contributed by atoms with Gasteiger partial charge in [0.25, 0.3) is 5.91 Å². The summed E-state index contributed by atoms with van der Waals surface area (Å²) < 4.78 is 5.45. The largest absolute Gasteiger partial charge is 0.379 e. The zero-order chi connectivity index (χ0) is 23.5. The minimum atomic E-state index is -0.0947. The molecule has 1 aliphatic heterocycles. The Hall–Kier alpha value is -3.13. The number of pyridine rings is 1. The van der Waals surface area contributed by atoms with Gasteiger partial charge in [0, 0.05) is 43.5 Å². The van der Waals surface area contributed by atoms with Crippen LogP contribution in [0, 0.1) is 13.8 Å². The molecule has 2 aromatic heterocycles. The van der Waals surface area contributed by atoms with Gasteiger partial charge in [0.05, 0.1) is 13.2 Å². The zero-order valence-electron chi connectivity index (χ0n) is 19.5. The molecule has 3 aromatic rings. The van der Waals surface area contributed by atoms with Gasteiger partial charge in [-0.15, -0.1) is 0 Å². The molecule has 1 aliphatic carbocycles. The summed E-state index contributed by atoms with van der Waals surface area (Å²) in [6.07, 6.45) is 10.5. The van der Waals surface area contributed by atoms with Crippen LogP contribution in [-0.2, 0) is 11.3 Å². The van der Waals surface area contributed by atoms with E-state index in [1.807, 2.05) is 56.5 Å². The van der Waals surface area contributed by atoms with E-state index in [9.17, 15) is 4.79 Å². The first kappa shape index (κ1) is 22.7. The second-order valence-corrected chi connectivity index (χ2v) is 9.75. The van der Waals surface area contributed by atoms with Crippen LogP contribution in [0.15, 0.2) is 60.5 Å². The van der Waals surface area contributed by atoms with Gasteiger partial charge in [0.1, 0.15) is 15.4 Å². The van der Waals surface area contributed by atoms with Crippen LogP contribution in [0.4, 0.5) is 0 Å². The highest BCUT2D eigenvalue weighted by Crippen LogP contribution is 2.31. The summed E-state index contributed by atoms with van der Waals surface area (Å²) in [6.45, 7) is 8.40. The normalized spacial score (nSPS) is 16.8. The van der Waals surface area contributed by atoms with E-state index in [2.05, 4.69) is 27.3 Å². The van der Waals surface area contributed by atoms with E-state index < -0.39 is 0 Å². The second kappa shape index (κ2) is 10.0. The lowest BCUT2D eigenvalue weighted by Gasteiger charge is -2.26. The van der Waals surface area contributed by atoms with E-state index in [0.717, 1.165) is 65.0 Å². The number of carbonyl (C=O) groups is 1. The lowest BCUT2D eigenvalue weighted by Crippen LogP contribution is -2.35. The molecule has 0 spiro atoms. The van der Waals surface area contributed by atoms with Crippen LogP contribution in [0.25, 0.3) is 15.9 Å². The molecule has 5 rings (SSSR count). The molecule has 6 nitrogen and oxygen atoms in total. The Balaban J connectivity index is 1.31. The van der Waals surface area contributed by atoms with Crippen LogP contribution < -0.4 is 5.32 Å². The van der Waals surface area contributed by atoms with Gasteiger partial charge < -0.3 is 10.1 Å². The van der Waals surface area contributed by atoms with Crippen molar-refractivity contribution in [1.29, 1.82) is 0 Å². The van der Waals surface area contributed by atoms with E-state index in [0.29, 0.717) is 12.0 Å². The topological polar surface area (TPSA) is 67.4 Å². The number of aromatic nitrogens is 2. The molecule has 0 saturated carbocycles. The molecule has 1 amide bonds. The number of thiazole rings is 1. The summed E-state index contributed by atoms with van der Waals surface area (Å²) in [7, 11) is 0. The standard InChI is InChI=1S/C27H28N4O2S/c1-18-7-8-21(13-19(18)2)25(32)29-23-6-4-3-5-22(15-23)26-30-24-14-20(16-28-27(24)34-26)17-31-9-11-33-12-10-31/h3-8,13-14,16H,9-12,15,17H2,1-2H3,(H,29,32). The highest BCUT2D eigenvalue weighted by atomic mass is 32.1. The summed E-state index contributed by atoms with van der Waals surface area (Å²) in [4.78, 5) is 25.7.